The number of hydrogen-bond acceptors (Lipinski definition) is 2. The Balaban J connectivity index is 2.20. The van der Waals surface area contributed by atoms with E-state index < -0.39 is 0 Å². The molecular formula is C13H9BrCl2N2O. The molecule has 3 nitrogen and oxygen atoms in total. The smallest absolute Gasteiger partial charge is 0.255 e. The Kier molecular flexibility index (Phi) is 4.45. The van der Waals surface area contributed by atoms with Crippen molar-refractivity contribution < 1.29 is 4.79 Å². The summed E-state index contributed by atoms with van der Waals surface area (Å²) in [5.41, 5.74) is 1.86. The summed E-state index contributed by atoms with van der Waals surface area (Å²) in [6.45, 7) is 1.82. The summed E-state index contributed by atoms with van der Waals surface area (Å²) in [6.07, 6.45) is 1.51. The number of benzene rings is 1. The van der Waals surface area contributed by atoms with Crippen molar-refractivity contribution in [1.82, 2.24) is 4.98 Å². The molecule has 0 aliphatic heterocycles. The number of anilines is 1. The molecule has 0 atom stereocenters. The predicted molar refractivity (Wildman–Crippen MR) is 81.1 cm³/mol. The standard InChI is InChI=1S/C13H9BrCl2N2O/c1-7-4-9(6-17-12(7)16)18-13(19)8-2-3-10(14)11(15)5-8/h2-6H,1H3,(H,18,19). The van der Waals surface area contributed by atoms with Crippen LogP contribution in [-0.2, 0) is 0 Å². The zero-order chi connectivity index (χ0) is 14.0. The highest BCUT2D eigenvalue weighted by atomic mass is 79.9. The number of rotatable bonds is 2. The molecule has 0 radical (unpaired) electrons. The van der Waals surface area contributed by atoms with E-state index in [0.29, 0.717) is 21.4 Å². The van der Waals surface area contributed by atoms with Gasteiger partial charge < -0.3 is 5.32 Å². The Labute approximate surface area is 129 Å². The maximum atomic E-state index is 12.0. The number of pyridine rings is 1. The van der Waals surface area contributed by atoms with Gasteiger partial charge in [0.2, 0.25) is 0 Å². The fraction of sp³-hybridized carbons (Fsp3) is 0.0769. The number of hydrogen-bond donors (Lipinski definition) is 1. The molecule has 0 fully saturated rings. The summed E-state index contributed by atoms with van der Waals surface area (Å²) in [6, 6.07) is 6.76. The van der Waals surface area contributed by atoms with Gasteiger partial charge in [-0.15, -0.1) is 0 Å². The number of amides is 1. The fourth-order valence-corrected chi connectivity index (χ4v) is 2.00. The molecule has 0 saturated carbocycles. The van der Waals surface area contributed by atoms with Gasteiger partial charge >= 0.3 is 0 Å². The number of nitrogens with zero attached hydrogens (tertiary/aromatic N) is 1. The maximum absolute atomic E-state index is 12.0. The molecule has 1 N–H and O–H groups in total. The molecule has 6 heteroatoms. The molecule has 0 unspecified atom stereocenters. The van der Waals surface area contributed by atoms with Crippen molar-refractivity contribution in [3.8, 4) is 0 Å². The van der Waals surface area contributed by atoms with E-state index in [-0.39, 0.29) is 5.91 Å². The third kappa shape index (κ3) is 3.47. The van der Waals surface area contributed by atoms with Crippen molar-refractivity contribution >= 4 is 50.7 Å². The van der Waals surface area contributed by atoms with Crippen molar-refractivity contribution in [2.24, 2.45) is 0 Å². The van der Waals surface area contributed by atoms with Gasteiger partial charge in [-0.05, 0) is 52.7 Å². The van der Waals surface area contributed by atoms with Gasteiger partial charge in [0, 0.05) is 10.0 Å². The van der Waals surface area contributed by atoms with Gasteiger partial charge in [-0.25, -0.2) is 4.98 Å². The van der Waals surface area contributed by atoms with Gasteiger partial charge in [0.05, 0.1) is 16.9 Å². The largest absolute Gasteiger partial charge is 0.321 e. The average molecular weight is 360 g/mol. The minimum atomic E-state index is -0.252. The lowest BCUT2D eigenvalue weighted by atomic mass is 10.2. The lowest BCUT2D eigenvalue weighted by Crippen LogP contribution is -2.12. The average Bonchev–Trinajstić information content (AvgIpc) is 2.37. The molecule has 0 saturated heterocycles. The Morgan fingerprint density at radius 2 is 2.05 bits per heavy atom. The van der Waals surface area contributed by atoms with Crippen LogP contribution >= 0.6 is 39.1 Å². The van der Waals surface area contributed by atoms with Gasteiger partial charge in [-0.1, -0.05) is 23.2 Å². The van der Waals surface area contributed by atoms with Crippen LogP contribution in [0.5, 0.6) is 0 Å². The number of aryl methyl sites for hydroxylation is 1. The SMILES string of the molecule is Cc1cc(NC(=O)c2ccc(Br)c(Cl)c2)cnc1Cl. The van der Waals surface area contributed by atoms with Crippen molar-refractivity contribution in [1.29, 1.82) is 0 Å². The number of nitrogens with one attached hydrogen (secondary N) is 1. The second kappa shape index (κ2) is 5.90. The topological polar surface area (TPSA) is 42.0 Å². The lowest BCUT2D eigenvalue weighted by Gasteiger charge is -2.07. The Morgan fingerprint density at radius 3 is 2.68 bits per heavy atom. The predicted octanol–water partition coefficient (Wildman–Crippen LogP) is 4.71. The highest BCUT2D eigenvalue weighted by Crippen LogP contribution is 2.24. The van der Waals surface area contributed by atoms with Crippen LogP contribution in [0.3, 0.4) is 0 Å². The Hall–Kier alpha value is -1.10. The first-order valence-electron chi connectivity index (χ1n) is 5.36. The fourth-order valence-electron chi connectivity index (χ4n) is 1.47. The second-order valence-corrected chi connectivity index (χ2v) is 5.53. The summed E-state index contributed by atoms with van der Waals surface area (Å²) in [5, 5.41) is 3.64. The monoisotopic (exact) mass is 358 g/mol. The van der Waals surface area contributed by atoms with E-state index in [1.807, 2.05) is 6.92 Å². The Bertz CT molecular complexity index is 647. The van der Waals surface area contributed by atoms with Crippen LogP contribution in [0.1, 0.15) is 15.9 Å². The lowest BCUT2D eigenvalue weighted by molar-refractivity contribution is 0.102. The van der Waals surface area contributed by atoms with Gasteiger partial charge in [0.15, 0.2) is 0 Å². The van der Waals surface area contributed by atoms with Crippen LogP contribution in [-0.4, -0.2) is 10.9 Å². The highest BCUT2D eigenvalue weighted by molar-refractivity contribution is 9.10. The van der Waals surface area contributed by atoms with Gasteiger partial charge in [0.25, 0.3) is 5.91 Å². The molecule has 0 aliphatic rings. The molecule has 1 heterocycles. The van der Waals surface area contributed by atoms with Crippen LogP contribution < -0.4 is 5.32 Å². The van der Waals surface area contributed by atoms with Crippen LogP contribution in [0.25, 0.3) is 0 Å². The molecule has 1 aromatic heterocycles. The first-order valence-corrected chi connectivity index (χ1v) is 6.91. The summed E-state index contributed by atoms with van der Waals surface area (Å²) in [7, 11) is 0. The number of carbonyl (C=O) groups excluding carboxylic acids is 1. The van der Waals surface area contributed by atoms with Crippen LogP contribution in [0.4, 0.5) is 5.69 Å². The molecule has 19 heavy (non-hydrogen) atoms. The molecule has 2 aromatic rings. The van der Waals surface area contributed by atoms with E-state index in [2.05, 4.69) is 26.2 Å². The van der Waals surface area contributed by atoms with Crippen molar-refractivity contribution in [3.05, 3.63) is 56.2 Å². The van der Waals surface area contributed by atoms with Gasteiger partial charge in [-0.3, -0.25) is 4.79 Å². The van der Waals surface area contributed by atoms with E-state index in [4.69, 9.17) is 23.2 Å². The Morgan fingerprint density at radius 1 is 1.32 bits per heavy atom. The highest BCUT2D eigenvalue weighted by Gasteiger charge is 2.09. The van der Waals surface area contributed by atoms with E-state index in [1.54, 1.807) is 24.3 Å². The summed E-state index contributed by atoms with van der Waals surface area (Å²) in [4.78, 5) is 16.0. The number of halogens is 3. The van der Waals surface area contributed by atoms with E-state index in [9.17, 15) is 4.79 Å². The first kappa shape index (κ1) is 14.3. The zero-order valence-corrected chi connectivity index (χ0v) is 13.0. The molecule has 1 aromatic carbocycles. The summed E-state index contributed by atoms with van der Waals surface area (Å²) >= 11 is 15.1. The number of carbonyl (C=O) groups is 1. The molecule has 0 spiro atoms. The maximum Gasteiger partial charge on any atom is 0.255 e. The molecule has 0 aliphatic carbocycles. The second-order valence-electron chi connectivity index (χ2n) is 3.91. The molecule has 0 bridgehead atoms. The summed E-state index contributed by atoms with van der Waals surface area (Å²) in [5.74, 6) is -0.252. The van der Waals surface area contributed by atoms with E-state index in [1.165, 1.54) is 6.20 Å². The third-order valence-electron chi connectivity index (χ3n) is 2.45. The zero-order valence-electron chi connectivity index (χ0n) is 9.88. The quantitative estimate of drug-likeness (QED) is 0.789. The van der Waals surface area contributed by atoms with Crippen molar-refractivity contribution in [2.45, 2.75) is 6.92 Å². The van der Waals surface area contributed by atoms with E-state index in [0.717, 1.165) is 10.0 Å². The molecule has 2 rings (SSSR count). The van der Waals surface area contributed by atoms with Gasteiger partial charge in [0.1, 0.15) is 5.15 Å². The minimum Gasteiger partial charge on any atom is -0.321 e. The third-order valence-corrected chi connectivity index (χ3v) is 4.08. The van der Waals surface area contributed by atoms with Crippen LogP contribution in [0.2, 0.25) is 10.2 Å². The normalized spacial score (nSPS) is 10.3. The van der Waals surface area contributed by atoms with Gasteiger partial charge in [-0.2, -0.15) is 0 Å². The van der Waals surface area contributed by atoms with Crippen molar-refractivity contribution in [2.75, 3.05) is 5.32 Å². The van der Waals surface area contributed by atoms with Crippen LogP contribution in [0.15, 0.2) is 34.9 Å². The van der Waals surface area contributed by atoms with Crippen molar-refractivity contribution in [3.63, 3.8) is 0 Å². The van der Waals surface area contributed by atoms with Crippen LogP contribution in [0, 0.1) is 6.92 Å². The molecule has 1 amide bonds. The van der Waals surface area contributed by atoms with E-state index >= 15 is 0 Å². The molecular weight excluding hydrogens is 351 g/mol. The first-order chi connectivity index (χ1) is 8.97. The summed E-state index contributed by atoms with van der Waals surface area (Å²) < 4.78 is 0.745. The minimum absolute atomic E-state index is 0.252. The molecule has 98 valence electrons. The number of aromatic nitrogens is 1.